The molecule has 38 heteroatoms. The first kappa shape index (κ1) is 87.6. The van der Waals surface area contributed by atoms with Gasteiger partial charge in [0.05, 0.1) is 64.1 Å². The Hall–Kier alpha value is -2.23. The molecule has 8 aliphatic heterocycles. The summed E-state index contributed by atoms with van der Waals surface area (Å²) in [4.78, 5) is 16.1. The number of carbonyl (C=O) groups is 1. The van der Waals surface area contributed by atoms with Crippen molar-refractivity contribution in [2.75, 3.05) is 39.6 Å². The average Bonchev–Trinajstić information content (AvgIpc) is 0.670. The number of hydrogen-bond donors (Lipinski definition) is 21. The van der Waals surface area contributed by atoms with Crippen LogP contribution in [0.4, 0.5) is 0 Å². The molecule has 4 saturated carbocycles. The maximum atomic E-state index is 16.1. The van der Waals surface area contributed by atoms with E-state index in [1.807, 2.05) is 0 Å². The first-order valence-electron chi connectivity index (χ1n) is 39.3. The van der Waals surface area contributed by atoms with Gasteiger partial charge in [0.25, 0.3) is 0 Å². The number of esters is 1. The third-order valence-electron chi connectivity index (χ3n) is 28.2. The molecule has 0 spiro atoms. The summed E-state index contributed by atoms with van der Waals surface area (Å²) >= 11 is 0. The molecule has 38 nitrogen and oxygen atoms in total. The zero-order chi connectivity index (χ0) is 81.5. The number of aliphatic hydroxyl groups excluding tert-OH is 21. The molecule has 0 radical (unpaired) electrons. The molecule has 13 rings (SSSR count). The largest absolute Gasteiger partial charge is 0.432 e. The van der Waals surface area contributed by atoms with Crippen LogP contribution in [0.5, 0.6) is 0 Å². The van der Waals surface area contributed by atoms with Gasteiger partial charge < -0.3 is 183 Å². The number of allylic oxidation sites excluding steroid dienone is 2. The van der Waals surface area contributed by atoms with E-state index in [1.165, 1.54) is 13.8 Å². The third-order valence-corrected chi connectivity index (χ3v) is 28.2. The molecule has 5 aliphatic carbocycles. The number of carbonyl (C=O) groups excluding carboxylic acids is 1. The third kappa shape index (κ3) is 15.6. The molecular weight excluding hydrogens is 1500 g/mol. The summed E-state index contributed by atoms with van der Waals surface area (Å²) in [5, 5.41) is 233. The van der Waals surface area contributed by atoms with E-state index in [-0.39, 0.29) is 24.7 Å². The Labute approximate surface area is 646 Å². The molecule has 0 aromatic carbocycles. The lowest BCUT2D eigenvalue weighted by Crippen LogP contribution is -2.69. The van der Waals surface area contributed by atoms with Crippen molar-refractivity contribution in [3.05, 3.63) is 11.6 Å². The van der Waals surface area contributed by atoms with E-state index in [2.05, 4.69) is 54.5 Å². The van der Waals surface area contributed by atoms with Crippen molar-refractivity contribution in [2.45, 2.75) is 354 Å². The molecule has 21 N–H and O–H groups in total. The number of fused-ring (bicyclic) bond motifs is 7. The molecule has 2 unspecified atom stereocenters. The summed E-state index contributed by atoms with van der Waals surface area (Å²) in [7, 11) is 0. The van der Waals surface area contributed by atoms with Gasteiger partial charge in [0.15, 0.2) is 50.1 Å². The van der Waals surface area contributed by atoms with Crippen LogP contribution in [-0.4, -0.2) is 386 Å². The molecule has 0 aromatic heterocycles. The van der Waals surface area contributed by atoms with Crippen LogP contribution in [0.2, 0.25) is 0 Å². The lowest BCUT2D eigenvalue weighted by atomic mass is 9.33. The van der Waals surface area contributed by atoms with Gasteiger partial charge in [-0.05, 0) is 116 Å². The van der Waals surface area contributed by atoms with Crippen LogP contribution in [0.1, 0.15) is 120 Å². The first-order chi connectivity index (χ1) is 52.5. The van der Waals surface area contributed by atoms with Crippen molar-refractivity contribution in [3.63, 3.8) is 0 Å². The van der Waals surface area contributed by atoms with Gasteiger partial charge in [-0.15, -0.1) is 0 Å². The summed E-state index contributed by atoms with van der Waals surface area (Å²) in [6.45, 7) is 14.7. The van der Waals surface area contributed by atoms with Crippen LogP contribution in [0, 0.1) is 50.2 Å². The number of hydrogen-bond acceptors (Lipinski definition) is 38. The quantitative estimate of drug-likeness (QED) is 0.0344. The van der Waals surface area contributed by atoms with Crippen LogP contribution in [0.15, 0.2) is 11.6 Å². The Morgan fingerprint density at radius 1 is 0.411 bits per heavy atom. The lowest BCUT2D eigenvalue weighted by molar-refractivity contribution is -0.381. The van der Waals surface area contributed by atoms with Crippen LogP contribution >= 0.6 is 0 Å². The smallest absolute Gasteiger partial charge is 0.317 e. The van der Waals surface area contributed by atoms with E-state index >= 15 is 4.79 Å². The van der Waals surface area contributed by atoms with Gasteiger partial charge in [0.2, 0.25) is 6.29 Å². The van der Waals surface area contributed by atoms with Crippen molar-refractivity contribution in [3.8, 4) is 0 Å². The predicted octanol–water partition coefficient (Wildman–Crippen LogP) is -7.16. The van der Waals surface area contributed by atoms with E-state index < -0.39 is 317 Å². The number of ether oxygens (including phenoxy) is 16. The highest BCUT2D eigenvalue weighted by atomic mass is 16.8. The Balaban J connectivity index is 0.718. The Morgan fingerprint density at radius 2 is 0.884 bits per heavy atom. The molecule has 8 saturated heterocycles. The van der Waals surface area contributed by atoms with Crippen LogP contribution in [0.25, 0.3) is 0 Å². The molecule has 13 aliphatic rings. The molecular formula is C74H120O38. The second-order valence-electron chi connectivity index (χ2n) is 35.9. The number of aliphatic hydroxyl groups is 21. The average molecular weight is 1620 g/mol. The highest BCUT2D eigenvalue weighted by Gasteiger charge is 2.73. The van der Waals surface area contributed by atoms with Gasteiger partial charge in [-0.25, -0.2) is 0 Å². The summed E-state index contributed by atoms with van der Waals surface area (Å²) < 4.78 is 95.1. The highest BCUT2D eigenvalue weighted by Crippen LogP contribution is 2.76. The molecule has 8 heterocycles. The SMILES string of the molecule is C[C@@H]1O[C@@H](OC[C@H]2O[C@@H](OC(=O)[C@]34CCC(C)(C)C[C@H]3C3=CCC5[C@@]6(C)CC[C@H](O[C@@H]7O[C@H](CO[C@@H]8OC[C@H](O)[C@H](O)[C@H]8O[C@@H]8OC[C@@H](O)[C@H](O)[C@H]8O)[C@@H](O)[C@H](O)[C@H]7O)C(C)(C)C6CC[C@@]5(C)[C@]3(C)C[C@H]4O)[C@H](O[C@@H]3O[C@@H](C)[C@H](O[C@@H]4OC[C@@H](O)[C@H](O[C@@H]5OC[C@@H](O)[C@H](O)[C@H]5O)[C@H]4O)[C@@H](O)[C@H]3O)[C@@H](O)[C@@H]2O)[C@H](O)[C@H](O)[C@H]1O. The van der Waals surface area contributed by atoms with E-state index in [0.29, 0.717) is 44.9 Å². The Bertz CT molecular complexity index is 3220. The zero-order valence-corrected chi connectivity index (χ0v) is 64.2. The molecule has 644 valence electrons. The second kappa shape index (κ2) is 33.3. The fraction of sp³-hybridized carbons (Fsp3) is 0.959. The van der Waals surface area contributed by atoms with Gasteiger partial charge in [-0.2, -0.15) is 0 Å². The minimum atomic E-state index is -2.12. The molecule has 45 atom stereocenters. The summed E-state index contributed by atoms with van der Waals surface area (Å²) in [5.41, 5.74) is -3.50. The standard InChI is InChI=1S/C74H120O38/c1-26-40(80)46(86)52(92)60(103-26)101-24-35-45(85)48(88)59(111-64-54(94)49(89)56(27(2)104-64)108-63-55(95)57(33(78)23-99-63)109-61-50(90)41(81)30(75)20-97-61)67(106-35)112-68(96)74-17-16-69(3,4)18-29(74)28-10-11-37-71(7)14-13-39(70(5,6)36(71)12-15-72(37,8)73(28,9)19-38(74)79)107-65-53(93)47(87)44(84)34(105-65)25-102-66-58(43(83)32(77)22-100-66)110-62-51(91)42(82)31(76)21-98-62/h10,26-27,29-67,75-95H,11-25H2,1-9H3/t26-,27-,29-,30+,31+,32-,33+,34+,35+,36?,37?,38+,39-,40-,41-,42-,43-,44+,45+,46+,47-,48-,49-,50+,51+,52+,53+,54+,55+,56-,57-,58+,59+,60+,61-,62-,63-,64-,65-,66-,67-,71-,72+,73+,74+/m0/s1. The maximum absolute atomic E-state index is 16.1. The van der Waals surface area contributed by atoms with E-state index in [9.17, 15) is 107 Å². The van der Waals surface area contributed by atoms with Gasteiger partial charge >= 0.3 is 5.97 Å². The van der Waals surface area contributed by atoms with Crippen molar-refractivity contribution in [2.24, 2.45) is 50.2 Å². The normalized spacial score (nSPS) is 55.1. The van der Waals surface area contributed by atoms with E-state index in [4.69, 9.17) is 75.8 Å². The Kier molecular flexibility index (Phi) is 26.0. The van der Waals surface area contributed by atoms with E-state index in [1.54, 1.807) is 0 Å². The Morgan fingerprint density at radius 3 is 1.52 bits per heavy atom. The monoisotopic (exact) mass is 1620 g/mol. The van der Waals surface area contributed by atoms with Gasteiger partial charge in [-0.1, -0.05) is 60.1 Å². The summed E-state index contributed by atoms with van der Waals surface area (Å²) in [5.74, 6) is -1.71. The van der Waals surface area contributed by atoms with Gasteiger partial charge in [0.1, 0.15) is 158 Å². The van der Waals surface area contributed by atoms with Gasteiger partial charge in [-0.3, -0.25) is 4.79 Å². The van der Waals surface area contributed by atoms with Crippen molar-refractivity contribution in [1.29, 1.82) is 0 Å². The van der Waals surface area contributed by atoms with Crippen LogP contribution < -0.4 is 0 Å². The maximum Gasteiger partial charge on any atom is 0.317 e. The van der Waals surface area contributed by atoms with Crippen molar-refractivity contribution < 1.29 is 188 Å². The lowest BCUT2D eigenvalue weighted by Gasteiger charge is -2.71. The topological polar surface area (TPSA) is 590 Å². The molecule has 12 fully saturated rings. The van der Waals surface area contributed by atoms with E-state index in [0.717, 1.165) is 5.57 Å². The fourth-order valence-corrected chi connectivity index (χ4v) is 21.1. The van der Waals surface area contributed by atoms with Gasteiger partial charge in [0, 0.05) is 0 Å². The number of rotatable bonds is 18. The summed E-state index contributed by atoms with van der Waals surface area (Å²) in [6, 6.07) is 0. The van der Waals surface area contributed by atoms with Crippen LogP contribution in [-0.2, 0) is 80.6 Å². The second-order valence-corrected chi connectivity index (χ2v) is 35.9. The molecule has 112 heavy (non-hydrogen) atoms. The van der Waals surface area contributed by atoms with Crippen molar-refractivity contribution >= 4 is 5.97 Å². The summed E-state index contributed by atoms with van der Waals surface area (Å²) in [6.07, 6.45) is -56.6. The molecule has 0 amide bonds. The van der Waals surface area contributed by atoms with Crippen molar-refractivity contribution in [1.82, 2.24) is 0 Å². The first-order valence-corrected chi connectivity index (χ1v) is 39.3. The minimum absolute atomic E-state index is 0.0258. The zero-order valence-electron chi connectivity index (χ0n) is 64.2. The van der Waals surface area contributed by atoms with Crippen LogP contribution in [0.3, 0.4) is 0 Å². The molecule has 0 bridgehead atoms. The molecule has 0 aromatic rings. The minimum Gasteiger partial charge on any atom is -0.432 e. The fourth-order valence-electron chi connectivity index (χ4n) is 21.1. The predicted molar refractivity (Wildman–Crippen MR) is 368 cm³/mol. The highest BCUT2D eigenvalue weighted by molar-refractivity contribution is 5.80.